The second-order valence-electron chi connectivity index (χ2n) is 4.76. The van der Waals surface area contributed by atoms with E-state index in [2.05, 4.69) is 5.32 Å². The van der Waals surface area contributed by atoms with E-state index < -0.39 is 21.9 Å². The molecule has 2 atom stereocenters. The molecule has 0 aliphatic rings. The van der Waals surface area contributed by atoms with Crippen LogP contribution in [0, 0.1) is 11.7 Å². The van der Waals surface area contributed by atoms with Crippen molar-refractivity contribution in [1.29, 1.82) is 0 Å². The number of hydrogen-bond donors (Lipinski definition) is 2. The number of carbonyl (C=O) groups is 1. The van der Waals surface area contributed by atoms with E-state index in [1.165, 1.54) is 12.1 Å². The Morgan fingerprint density at radius 2 is 2.05 bits per heavy atom. The van der Waals surface area contributed by atoms with E-state index in [-0.39, 0.29) is 16.5 Å². The average Bonchev–Trinajstić information content (AvgIpc) is 2.34. The molecule has 19 heavy (non-hydrogen) atoms. The molecule has 0 aliphatic carbocycles. The zero-order valence-electron chi connectivity index (χ0n) is 11.3. The summed E-state index contributed by atoms with van der Waals surface area (Å²) in [5, 5.41) is 1.99. The Labute approximate surface area is 115 Å². The van der Waals surface area contributed by atoms with Crippen LogP contribution < -0.4 is 11.1 Å². The van der Waals surface area contributed by atoms with Crippen LogP contribution in [0.5, 0.6) is 0 Å². The van der Waals surface area contributed by atoms with Crippen LogP contribution in [0.2, 0.25) is 0 Å². The van der Waals surface area contributed by atoms with E-state index in [9.17, 15) is 13.4 Å². The lowest BCUT2D eigenvalue weighted by atomic mass is 10.2. The van der Waals surface area contributed by atoms with Crippen molar-refractivity contribution in [2.24, 2.45) is 5.92 Å². The molecule has 1 aromatic carbocycles. The van der Waals surface area contributed by atoms with Gasteiger partial charge in [-0.05, 0) is 31.0 Å². The largest absolute Gasteiger partial charge is 0.398 e. The Bertz CT molecular complexity index is 492. The summed E-state index contributed by atoms with van der Waals surface area (Å²) in [5.74, 6) is -0.466. The first-order valence-electron chi connectivity index (χ1n) is 6.06. The first kappa shape index (κ1) is 15.6. The molecule has 0 saturated carbocycles. The fourth-order valence-electron chi connectivity index (χ4n) is 1.44. The van der Waals surface area contributed by atoms with Crippen LogP contribution in [0.25, 0.3) is 0 Å². The molecule has 4 nitrogen and oxygen atoms in total. The summed E-state index contributed by atoms with van der Waals surface area (Å²) in [5.41, 5.74) is 5.72. The molecule has 2 unspecified atom stereocenters. The molecular weight excluding hydrogens is 267 g/mol. The highest BCUT2D eigenvalue weighted by Gasteiger charge is 2.23. The second-order valence-corrected chi connectivity index (χ2v) is 6.50. The maximum absolute atomic E-state index is 12.9. The molecule has 0 saturated heterocycles. The van der Waals surface area contributed by atoms with Gasteiger partial charge < -0.3 is 11.1 Å². The number of hydrogen-bond acceptors (Lipinski definition) is 3. The fourth-order valence-corrected chi connectivity index (χ4v) is 2.59. The number of amides is 1. The zero-order chi connectivity index (χ0) is 14.6. The number of halogens is 1. The number of nitrogens with one attached hydrogen (secondary N) is 1. The molecule has 1 rings (SSSR count). The highest BCUT2D eigenvalue weighted by atomic mass is 32.2. The third kappa shape index (κ3) is 4.31. The van der Waals surface area contributed by atoms with Gasteiger partial charge in [0.2, 0.25) is 5.91 Å². The van der Waals surface area contributed by atoms with E-state index in [0.717, 1.165) is 6.07 Å². The lowest BCUT2D eigenvalue weighted by Crippen LogP contribution is -2.37. The minimum absolute atomic E-state index is 0.0989. The molecule has 1 amide bonds. The first-order valence-corrected chi connectivity index (χ1v) is 7.27. The Morgan fingerprint density at radius 3 is 2.58 bits per heavy atom. The highest BCUT2D eigenvalue weighted by molar-refractivity contribution is 7.86. The van der Waals surface area contributed by atoms with Crippen LogP contribution in [0.15, 0.2) is 23.1 Å². The van der Waals surface area contributed by atoms with Gasteiger partial charge in [-0.1, -0.05) is 13.8 Å². The molecule has 6 heteroatoms. The van der Waals surface area contributed by atoms with Crippen molar-refractivity contribution >= 4 is 22.4 Å². The molecular formula is C13H19FN2O2S. The van der Waals surface area contributed by atoms with Gasteiger partial charge in [0.05, 0.1) is 21.4 Å². The van der Waals surface area contributed by atoms with Crippen LogP contribution in [-0.4, -0.2) is 21.9 Å². The van der Waals surface area contributed by atoms with Crippen LogP contribution in [-0.2, 0) is 15.6 Å². The summed E-state index contributed by atoms with van der Waals surface area (Å²) < 4.78 is 25.1. The summed E-state index contributed by atoms with van der Waals surface area (Å²) in [6.45, 7) is 6.04. The van der Waals surface area contributed by atoms with Crippen LogP contribution in [0.4, 0.5) is 10.1 Å². The smallest absolute Gasteiger partial charge is 0.235 e. The SMILES string of the molecule is CC(C)CNC(=O)C(C)S(=O)c1ccc(F)cc1N. The summed E-state index contributed by atoms with van der Waals surface area (Å²) in [6.07, 6.45) is 0. The maximum Gasteiger partial charge on any atom is 0.235 e. The van der Waals surface area contributed by atoms with Gasteiger partial charge in [0.15, 0.2) is 0 Å². The predicted octanol–water partition coefficient (Wildman–Crippen LogP) is 1.68. The number of nitrogens with two attached hydrogens (primary N) is 1. The molecule has 0 fully saturated rings. The van der Waals surface area contributed by atoms with Gasteiger partial charge in [-0.3, -0.25) is 9.00 Å². The number of nitrogen functional groups attached to an aromatic ring is 1. The second kappa shape index (κ2) is 6.65. The van der Waals surface area contributed by atoms with Crippen molar-refractivity contribution in [2.75, 3.05) is 12.3 Å². The average molecular weight is 286 g/mol. The molecule has 3 N–H and O–H groups in total. The summed E-state index contributed by atoms with van der Waals surface area (Å²) in [7, 11) is -1.60. The molecule has 106 valence electrons. The molecule has 0 aliphatic heterocycles. The standard InChI is InChI=1S/C13H19FN2O2S/c1-8(2)7-16-13(17)9(3)19(18)12-5-4-10(14)6-11(12)15/h4-6,8-9H,7,15H2,1-3H3,(H,16,17). The number of rotatable bonds is 5. The van der Waals surface area contributed by atoms with E-state index in [1.807, 2.05) is 13.8 Å². The van der Waals surface area contributed by atoms with Crippen molar-refractivity contribution < 1.29 is 13.4 Å². The van der Waals surface area contributed by atoms with Crippen LogP contribution in [0.3, 0.4) is 0 Å². The Hall–Kier alpha value is -1.43. The van der Waals surface area contributed by atoms with E-state index >= 15 is 0 Å². The lowest BCUT2D eigenvalue weighted by molar-refractivity contribution is -0.120. The van der Waals surface area contributed by atoms with Gasteiger partial charge in [0.1, 0.15) is 11.1 Å². The molecule has 0 bridgehead atoms. The van der Waals surface area contributed by atoms with Crippen LogP contribution >= 0.6 is 0 Å². The van der Waals surface area contributed by atoms with Crippen molar-refractivity contribution in [3.05, 3.63) is 24.0 Å². The summed E-state index contributed by atoms with van der Waals surface area (Å²) >= 11 is 0. The highest BCUT2D eigenvalue weighted by Crippen LogP contribution is 2.20. The third-order valence-corrected chi connectivity index (χ3v) is 4.23. The van der Waals surface area contributed by atoms with Crippen molar-refractivity contribution in [1.82, 2.24) is 5.32 Å². The Balaban J connectivity index is 2.79. The minimum Gasteiger partial charge on any atom is -0.398 e. The predicted molar refractivity (Wildman–Crippen MR) is 74.5 cm³/mol. The van der Waals surface area contributed by atoms with Gasteiger partial charge in [0, 0.05) is 6.54 Å². The van der Waals surface area contributed by atoms with Gasteiger partial charge >= 0.3 is 0 Å². The van der Waals surface area contributed by atoms with E-state index in [1.54, 1.807) is 6.92 Å². The molecule has 0 spiro atoms. The van der Waals surface area contributed by atoms with Gasteiger partial charge in [-0.25, -0.2) is 4.39 Å². The maximum atomic E-state index is 12.9. The van der Waals surface area contributed by atoms with Gasteiger partial charge in [-0.15, -0.1) is 0 Å². The van der Waals surface area contributed by atoms with Gasteiger partial charge in [0.25, 0.3) is 0 Å². The quantitative estimate of drug-likeness (QED) is 0.809. The first-order chi connectivity index (χ1) is 8.82. The van der Waals surface area contributed by atoms with E-state index in [4.69, 9.17) is 5.73 Å². The van der Waals surface area contributed by atoms with Crippen molar-refractivity contribution in [3.63, 3.8) is 0 Å². The monoisotopic (exact) mass is 286 g/mol. The number of benzene rings is 1. The number of anilines is 1. The zero-order valence-corrected chi connectivity index (χ0v) is 12.1. The molecule has 0 radical (unpaired) electrons. The van der Waals surface area contributed by atoms with Crippen molar-refractivity contribution in [2.45, 2.75) is 30.9 Å². The normalized spacial score (nSPS) is 14.2. The van der Waals surface area contributed by atoms with Gasteiger partial charge in [-0.2, -0.15) is 0 Å². The minimum atomic E-state index is -1.60. The fraction of sp³-hybridized carbons (Fsp3) is 0.462. The topological polar surface area (TPSA) is 72.2 Å². The lowest BCUT2D eigenvalue weighted by Gasteiger charge is -2.14. The van der Waals surface area contributed by atoms with E-state index in [0.29, 0.717) is 12.5 Å². The molecule has 0 heterocycles. The van der Waals surface area contributed by atoms with Crippen LogP contribution in [0.1, 0.15) is 20.8 Å². The Kier molecular flexibility index (Phi) is 5.47. The number of carbonyl (C=O) groups excluding carboxylic acids is 1. The molecule has 0 aromatic heterocycles. The van der Waals surface area contributed by atoms with Crippen molar-refractivity contribution in [3.8, 4) is 0 Å². The molecule has 1 aromatic rings. The summed E-state index contributed by atoms with van der Waals surface area (Å²) in [4.78, 5) is 12.1. The Morgan fingerprint density at radius 1 is 1.42 bits per heavy atom. The summed E-state index contributed by atoms with van der Waals surface area (Å²) in [6, 6.07) is 3.64. The third-order valence-electron chi connectivity index (χ3n) is 2.56.